The molecule has 0 aliphatic heterocycles. The van der Waals surface area contributed by atoms with Crippen LogP contribution in [0.4, 0.5) is 5.82 Å². The number of nitrogens with one attached hydrogen (secondary N) is 1. The van der Waals surface area contributed by atoms with Crippen molar-refractivity contribution in [1.29, 1.82) is 0 Å². The molecular weight excluding hydrogens is 242 g/mol. The Hall–Kier alpha value is -1.69. The second-order valence-corrected chi connectivity index (χ2v) is 4.73. The van der Waals surface area contributed by atoms with Gasteiger partial charge in [-0.3, -0.25) is 9.78 Å². The van der Waals surface area contributed by atoms with Crippen LogP contribution in [-0.2, 0) is 0 Å². The predicted octanol–water partition coefficient (Wildman–Crippen LogP) is 1.80. The Kier molecular flexibility index (Phi) is 6.21. The minimum atomic E-state index is -0.101. The van der Waals surface area contributed by atoms with Gasteiger partial charge in [0.25, 0.3) is 5.91 Å². The Morgan fingerprint density at radius 2 is 2.16 bits per heavy atom. The fourth-order valence-corrected chi connectivity index (χ4v) is 1.81. The van der Waals surface area contributed by atoms with Crippen LogP contribution in [0.25, 0.3) is 0 Å². The van der Waals surface area contributed by atoms with Gasteiger partial charge in [-0.2, -0.15) is 0 Å². The van der Waals surface area contributed by atoms with Gasteiger partial charge in [0.2, 0.25) is 0 Å². The molecule has 1 heterocycles. The normalized spacial score (nSPS) is 10.6. The van der Waals surface area contributed by atoms with Crippen molar-refractivity contribution in [3.05, 3.63) is 18.1 Å². The quantitative estimate of drug-likeness (QED) is 0.446. The van der Waals surface area contributed by atoms with Crippen molar-refractivity contribution in [3.8, 4) is 0 Å². The summed E-state index contributed by atoms with van der Waals surface area (Å²) in [6, 6.07) is 0.139. The van der Waals surface area contributed by atoms with Crippen LogP contribution in [0, 0.1) is 0 Å². The van der Waals surface area contributed by atoms with Crippen molar-refractivity contribution < 1.29 is 4.79 Å². The van der Waals surface area contributed by atoms with Gasteiger partial charge in [-0.1, -0.05) is 19.8 Å². The summed E-state index contributed by atoms with van der Waals surface area (Å²) in [4.78, 5) is 22.3. The molecule has 19 heavy (non-hydrogen) atoms. The molecule has 6 nitrogen and oxygen atoms in total. The maximum atomic E-state index is 12.4. The second kappa shape index (κ2) is 7.68. The SMILES string of the molecule is CCCCCN(C(=O)c1cncc(NN)n1)C(C)C. The largest absolute Gasteiger partial charge is 0.335 e. The molecule has 0 aromatic carbocycles. The Morgan fingerprint density at radius 1 is 1.42 bits per heavy atom. The van der Waals surface area contributed by atoms with E-state index in [-0.39, 0.29) is 11.9 Å². The summed E-state index contributed by atoms with van der Waals surface area (Å²) in [6.45, 7) is 6.89. The summed E-state index contributed by atoms with van der Waals surface area (Å²) in [6.07, 6.45) is 6.20. The number of amides is 1. The number of carbonyl (C=O) groups is 1. The maximum absolute atomic E-state index is 12.4. The summed E-state index contributed by atoms with van der Waals surface area (Å²) < 4.78 is 0. The van der Waals surface area contributed by atoms with Crippen molar-refractivity contribution in [1.82, 2.24) is 14.9 Å². The van der Waals surface area contributed by atoms with Crippen LogP contribution in [0.15, 0.2) is 12.4 Å². The van der Waals surface area contributed by atoms with Gasteiger partial charge in [0.05, 0.1) is 12.4 Å². The van der Waals surface area contributed by atoms with Crippen LogP contribution in [0.3, 0.4) is 0 Å². The average Bonchev–Trinajstić information content (AvgIpc) is 2.42. The first-order valence-corrected chi connectivity index (χ1v) is 6.69. The third kappa shape index (κ3) is 4.48. The zero-order valence-corrected chi connectivity index (χ0v) is 11.9. The van der Waals surface area contributed by atoms with Crippen molar-refractivity contribution in [2.45, 2.75) is 46.1 Å². The monoisotopic (exact) mass is 265 g/mol. The molecule has 0 aliphatic rings. The lowest BCUT2D eigenvalue weighted by Gasteiger charge is -2.26. The first-order chi connectivity index (χ1) is 9.10. The number of anilines is 1. The third-order valence-corrected chi connectivity index (χ3v) is 2.89. The summed E-state index contributed by atoms with van der Waals surface area (Å²) in [5.74, 6) is 5.57. The van der Waals surface area contributed by atoms with Crippen LogP contribution in [0.1, 0.15) is 50.5 Å². The van der Waals surface area contributed by atoms with E-state index in [1.807, 2.05) is 18.7 Å². The minimum Gasteiger partial charge on any atom is -0.335 e. The molecule has 6 heteroatoms. The molecule has 0 fully saturated rings. The van der Waals surface area contributed by atoms with E-state index in [1.54, 1.807) is 0 Å². The summed E-state index contributed by atoms with van der Waals surface area (Å²) in [5, 5.41) is 0. The molecule has 0 spiro atoms. The molecule has 0 saturated carbocycles. The lowest BCUT2D eigenvalue weighted by molar-refractivity contribution is 0.0696. The number of rotatable bonds is 7. The van der Waals surface area contributed by atoms with Crippen LogP contribution < -0.4 is 11.3 Å². The van der Waals surface area contributed by atoms with Gasteiger partial charge in [-0.15, -0.1) is 0 Å². The Bertz CT molecular complexity index is 408. The van der Waals surface area contributed by atoms with Gasteiger partial charge in [0.15, 0.2) is 5.82 Å². The van der Waals surface area contributed by atoms with E-state index in [1.165, 1.54) is 12.4 Å². The number of hydrogen-bond acceptors (Lipinski definition) is 5. The number of aromatic nitrogens is 2. The first-order valence-electron chi connectivity index (χ1n) is 6.69. The second-order valence-electron chi connectivity index (χ2n) is 4.73. The molecule has 3 N–H and O–H groups in total. The number of hydrazine groups is 1. The number of unbranched alkanes of at least 4 members (excludes halogenated alkanes) is 2. The molecule has 1 aromatic rings. The lowest BCUT2D eigenvalue weighted by atomic mass is 10.2. The highest BCUT2D eigenvalue weighted by molar-refractivity contribution is 5.92. The fourth-order valence-electron chi connectivity index (χ4n) is 1.81. The number of carbonyl (C=O) groups excluding carboxylic acids is 1. The van der Waals surface area contributed by atoms with Crippen LogP contribution in [0.2, 0.25) is 0 Å². The van der Waals surface area contributed by atoms with E-state index < -0.39 is 0 Å². The molecule has 0 saturated heterocycles. The van der Waals surface area contributed by atoms with Gasteiger partial charge in [0.1, 0.15) is 5.69 Å². The van der Waals surface area contributed by atoms with E-state index in [2.05, 4.69) is 22.3 Å². The predicted molar refractivity (Wildman–Crippen MR) is 75.5 cm³/mol. The first kappa shape index (κ1) is 15.4. The van der Waals surface area contributed by atoms with E-state index >= 15 is 0 Å². The van der Waals surface area contributed by atoms with Crippen molar-refractivity contribution in [2.24, 2.45) is 5.84 Å². The topological polar surface area (TPSA) is 84.1 Å². The summed E-state index contributed by atoms with van der Waals surface area (Å²) >= 11 is 0. The zero-order chi connectivity index (χ0) is 14.3. The Labute approximate surface area is 114 Å². The van der Waals surface area contributed by atoms with E-state index in [4.69, 9.17) is 5.84 Å². The van der Waals surface area contributed by atoms with Crippen molar-refractivity contribution >= 4 is 11.7 Å². The maximum Gasteiger partial charge on any atom is 0.274 e. The molecule has 0 atom stereocenters. The number of nitrogen functional groups attached to an aromatic ring is 1. The number of nitrogens with zero attached hydrogens (tertiary/aromatic N) is 3. The Balaban J connectivity index is 2.80. The highest BCUT2D eigenvalue weighted by atomic mass is 16.2. The van der Waals surface area contributed by atoms with E-state index in [0.29, 0.717) is 11.5 Å². The highest BCUT2D eigenvalue weighted by Gasteiger charge is 2.20. The van der Waals surface area contributed by atoms with Crippen LogP contribution >= 0.6 is 0 Å². The smallest absolute Gasteiger partial charge is 0.274 e. The molecule has 1 rings (SSSR count). The van der Waals surface area contributed by atoms with Gasteiger partial charge >= 0.3 is 0 Å². The third-order valence-electron chi connectivity index (χ3n) is 2.89. The molecule has 0 bridgehead atoms. The van der Waals surface area contributed by atoms with E-state index in [9.17, 15) is 4.79 Å². The van der Waals surface area contributed by atoms with Crippen molar-refractivity contribution in [2.75, 3.05) is 12.0 Å². The zero-order valence-electron chi connectivity index (χ0n) is 11.9. The molecule has 0 unspecified atom stereocenters. The minimum absolute atomic E-state index is 0.101. The lowest BCUT2D eigenvalue weighted by Crippen LogP contribution is -2.38. The number of nitrogens with two attached hydrogens (primary N) is 1. The fraction of sp³-hybridized carbons (Fsp3) is 0.615. The van der Waals surface area contributed by atoms with Crippen LogP contribution in [-0.4, -0.2) is 33.4 Å². The molecule has 1 amide bonds. The van der Waals surface area contributed by atoms with Gasteiger partial charge in [-0.25, -0.2) is 10.8 Å². The Morgan fingerprint density at radius 3 is 2.74 bits per heavy atom. The molecule has 0 aliphatic carbocycles. The average molecular weight is 265 g/mol. The van der Waals surface area contributed by atoms with Gasteiger partial charge < -0.3 is 10.3 Å². The number of hydrogen-bond donors (Lipinski definition) is 2. The summed E-state index contributed by atoms with van der Waals surface area (Å²) in [5.41, 5.74) is 2.72. The van der Waals surface area contributed by atoms with Crippen molar-refractivity contribution in [3.63, 3.8) is 0 Å². The van der Waals surface area contributed by atoms with Crippen LogP contribution in [0.5, 0.6) is 0 Å². The standard InChI is InChI=1S/C13H23N5O/c1-4-5-6-7-18(10(2)3)13(19)11-8-15-9-12(16-11)17-14/h8-10H,4-7,14H2,1-3H3,(H,16,17). The molecule has 1 aromatic heterocycles. The molecule has 0 radical (unpaired) electrons. The van der Waals surface area contributed by atoms with E-state index in [0.717, 1.165) is 25.8 Å². The highest BCUT2D eigenvalue weighted by Crippen LogP contribution is 2.10. The summed E-state index contributed by atoms with van der Waals surface area (Å²) in [7, 11) is 0. The van der Waals surface area contributed by atoms with Gasteiger partial charge in [-0.05, 0) is 20.3 Å². The molecule has 106 valence electrons. The molecular formula is C13H23N5O. The van der Waals surface area contributed by atoms with Gasteiger partial charge in [0, 0.05) is 12.6 Å².